The van der Waals surface area contributed by atoms with Gasteiger partial charge in [0.15, 0.2) is 0 Å². The number of hydrogen-bond acceptors (Lipinski definition) is 4. The first-order chi connectivity index (χ1) is 13.3. The molecular formula is C24H37BrO4. The second-order valence-corrected chi connectivity index (χ2v) is 10.9. The van der Waals surface area contributed by atoms with Crippen LogP contribution in [0.5, 0.6) is 0 Å². The van der Waals surface area contributed by atoms with Crippen LogP contribution >= 0.6 is 15.9 Å². The number of benzene rings is 1. The summed E-state index contributed by atoms with van der Waals surface area (Å²) in [6, 6.07) is 3.49. The van der Waals surface area contributed by atoms with Gasteiger partial charge in [-0.2, -0.15) is 0 Å². The first-order valence-electron chi connectivity index (χ1n) is 10.5. The van der Waals surface area contributed by atoms with Gasteiger partial charge in [-0.05, 0) is 41.4 Å². The highest BCUT2D eigenvalue weighted by molar-refractivity contribution is 9.10. The average molecular weight is 469 g/mol. The van der Waals surface area contributed by atoms with Gasteiger partial charge in [0.25, 0.3) is 0 Å². The molecular weight excluding hydrogens is 432 g/mol. The zero-order valence-corrected chi connectivity index (χ0v) is 20.7. The Hall–Kier alpha value is -1.36. The minimum atomic E-state index is -0.499. The molecule has 0 aliphatic rings. The summed E-state index contributed by atoms with van der Waals surface area (Å²) < 4.78 is 11.8. The molecule has 0 heterocycles. The number of halogens is 1. The second kappa shape index (κ2) is 11.1. The third-order valence-electron chi connectivity index (χ3n) is 4.20. The van der Waals surface area contributed by atoms with E-state index in [1.165, 1.54) is 12.8 Å². The maximum absolute atomic E-state index is 12.8. The molecule has 1 aromatic carbocycles. The van der Waals surface area contributed by atoms with Gasteiger partial charge in [0, 0.05) is 4.47 Å². The van der Waals surface area contributed by atoms with E-state index in [9.17, 15) is 9.59 Å². The quantitative estimate of drug-likeness (QED) is 0.289. The first kappa shape index (κ1) is 25.7. The molecule has 0 amide bonds. The van der Waals surface area contributed by atoms with Gasteiger partial charge < -0.3 is 9.47 Å². The van der Waals surface area contributed by atoms with Crippen molar-refractivity contribution in [1.29, 1.82) is 0 Å². The van der Waals surface area contributed by atoms with Crippen molar-refractivity contribution in [2.45, 2.75) is 80.6 Å². The number of unbranched alkanes of at least 4 members (excludes halogenated alkanes) is 3. The zero-order valence-electron chi connectivity index (χ0n) is 19.1. The summed E-state index contributed by atoms with van der Waals surface area (Å²) in [7, 11) is 0. The van der Waals surface area contributed by atoms with Crippen molar-refractivity contribution in [1.82, 2.24) is 0 Å². The van der Waals surface area contributed by atoms with Crippen LogP contribution in [0.4, 0.5) is 0 Å². The summed E-state index contributed by atoms with van der Waals surface area (Å²) in [5, 5.41) is 0. The third-order valence-corrected chi connectivity index (χ3v) is 4.94. The predicted molar refractivity (Wildman–Crippen MR) is 121 cm³/mol. The second-order valence-electron chi connectivity index (χ2n) is 10.1. The molecule has 1 aromatic rings. The van der Waals surface area contributed by atoms with Crippen LogP contribution in [0, 0.1) is 10.8 Å². The number of ether oxygens (including phenoxy) is 2. The summed E-state index contributed by atoms with van der Waals surface area (Å²) in [6.07, 6.45) is 5.38. The third kappa shape index (κ3) is 9.79. The SMILES string of the molecule is CCCCCCc1cc(C(=O)OCC(C)(C)C)c(C(=O)OCC(C)(C)C)cc1Br. The average Bonchev–Trinajstić information content (AvgIpc) is 2.60. The Morgan fingerprint density at radius 1 is 0.828 bits per heavy atom. The monoisotopic (exact) mass is 468 g/mol. The maximum atomic E-state index is 12.8. The van der Waals surface area contributed by atoms with E-state index in [-0.39, 0.29) is 35.2 Å². The van der Waals surface area contributed by atoms with E-state index in [2.05, 4.69) is 22.9 Å². The summed E-state index contributed by atoms with van der Waals surface area (Å²) in [5.41, 5.74) is 1.23. The van der Waals surface area contributed by atoms with Crippen LogP contribution in [-0.2, 0) is 15.9 Å². The van der Waals surface area contributed by atoms with Gasteiger partial charge in [-0.1, -0.05) is 83.7 Å². The number of esters is 2. The van der Waals surface area contributed by atoms with Crippen LogP contribution < -0.4 is 0 Å². The van der Waals surface area contributed by atoms with E-state index in [0.717, 1.165) is 29.3 Å². The van der Waals surface area contributed by atoms with Crippen molar-refractivity contribution in [3.05, 3.63) is 33.3 Å². The van der Waals surface area contributed by atoms with Gasteiger partial charge in [-0.3, -0.25) is 0 Å². The highest BCUT2D eigenvalue weighted by atomic mass is 79.9. The zero-order chi connectivity index (χ0) is 22.2. The summed E-state index contributed by atoms with van der Waals surface area (Å²) in [5.74, 6) is -0.981. The molecule has 0 aromatic heterocycles. The molecule has 4 nitrogen and oxygen atoms in total. The minimum absolute atomic E-state index is 0.152. The van der Waals surface area contributed by atoms with Gasteiger partial charge in [0.1, 0.15) is 0 Å². The number of carbonyl (C=O) groups excluding carboxylic acids is 2. The molecule has 0 unspecified atom stereocenters. The normalized spacial score (nSPS) is 12.0. The molecule has 0 aliphatic heterocycles. The molecule has 0 N–H and O–H groups in total. The van der Waals surface area contributed by atoms with E-state index in [1.807, 2.05) is 41.5 Å². The molecule has 0 spiro atoms. The van der Waals surface area contributed by atoms with Crippen molar-refractivity contribution in [3.8, 4) is 0 Å². The molecule has 0 aliphatic carbocycles. The lowest BCUT2D eigenvalue weighted by Crippen LogP contribution is -2.22. The van der Waals surface area contributed by atoms with Gasteiger partial charge in [0.05, 0.1) is 24.3 Å². The van der Waals surface area contributed by atoms with Crippen LogP contribution in [0.25, 0.3) is 0 Å². The molecule has 0 bridgehead atoms. The van der Waals surface area contributed by atoms with Gasteiger partial charge in [0.2, 0.25) is 0 Å². The Morgan fingerprint density at radius 3 is 1.76 bits per heavy atom. The number of aryl methyl sites for hydroxylation is 1. The standard InChI is InChI=1S/C24H37BrO4/c1-8-9-10-11-12-17-13-18(21(26)28-15-23(2,3)4)19(14-20(17)25)22(27)29-16-24(5,6)7/h13-14H,8-12,15-16H2,1-7H3. The number of hydrogen-bond donors (Lipinski definition) is 0. The highest BCUT2D eigenvalue weighted by Crippen LogP contribution is 2.27. The van der Waals surface area contributed by atoms with Crippen LogP contribution in [0.3, 0.4) is 0 Å². The fraction of sp³-hybridized carbons (Fsp3) is 0.667. The molecule has 29 heavy (non-hydrogen) atoms. The number of rotatable bonds is 9. The lowest BCUT2D eigenvalue weighted by Gasteiger charge is -2.20. The molecule has 0 saturated heterocycles. The van der Waals surface area contributed by atoms with Crippen molar-refractivity contribution in [3.63, 3.8) is 0 Å². The Morgan fingerprint density at radius 2 is 1.31 bits per heavy atom. The molecule has 0 atom stereocenters. The smallest absolute Gasteiger partial charge is 0.339 e. The van der Waals surface area contributed by atoms with Crippen molar-refractivity contribution in [2.24, 2.45) is 10.8 Å². The van der Waals surface area contributed by atoms with Crippen LogP contribution in [-0.4, -0.2) is 25.2 Å². The fourth-order valence-corrected chi connectivity index (χ4v) is 3.15. The maximum Gasteiger partial charge on any atom is 0.339 e. The Bertz CT molecular complexity index is 696. The van der Waals surface area contributed by atoms with E-state index < -0.39 is 11.9 Å². The Labute approximate surface area is 184 Å². The van der Waals surface area contributed by atoms with Gasteiger partial charge in [-0.25, -0.2) is 9.59 Å². The highest BCUT2D eigenvalue weighted by Gasteiger charge is 2.25. The first-order valence-corrected chi connectivity index (χ1v) is 11.3. The van der Waals surface area contributed by atoms with Crippen LogP contribution in [0.2, 0.25) is 0 Å². The fourth-order valence-electron chi connectivity index (χ4n) is 2.61. The molecule has 164 valence electrons. The summed E-state index contributed by atoms with van der Waals surface area (Å²) in [6.45, 7) is 14.7. The minimum Gasteiger partial charge on any atom is -0.462 e. The predicted octanol–water partition coefficient (Wildman–Crippen LogP) is 6.98. The van der Waals surface area contributed by atoms with Gasteiger partial charge in [-0.15, -0.1) is 0 Å². The largest absolute Gasteiger partial charge is 0.462 e. The summed E-state index contributed by atoms with van der Waals surface area (Å²) in [4.78, 5) is 25.5. The van der Waals surface area contributed by atoms with Crippen LogP contribution in [0.15, 0.2) is 16.6 Å². The lowest BCUT2D eigenvalue weighted by atomic mass is 9.97. The van der Waals surface area contributed by atoms with Crippen molar-refractivity contribution in [2.75, 3.05) is 13.2 Å². The van der Waals surface area contributed by atoms with E-state index >= 15 is 0 Å². The lowest BCUT2D eigenvalue weighted by molar-refractivity contribution is 0.0322. The van der Waals surface area contributed by atoms with Gasteiger partial charge >= 0.3 is 11.9 Å². The van der Waals surface area contributed by atoms with Crippen molar-refractivity contribution >= 4 is 27.9 Å². The van der Waals surface area contributed by atoms with E-state index in [4.69, 9.17) is 9.47 Å². The molecule has 0 saturated carbocycles. The molecule has 0 fully saturated rings. The van der Waals surface area contributed by atoms with Crippen molar-refractivity contribution < 1.29 is 19.1 Å². The Kier molecular flexibility index (Phi) is 9.87. The van der Waals surface area contributed by atoms with E-state index in [1.54, 1.807) is 12.1 Å². The molecule has 0 radical (unpaired) electrons. The number of carbonyl (C=O) groups is 2. The molecule has 5 heteroatoms. The van der Waals surface area contributed by atoms with E-state index in [0.29, 0.717) is 0 Å². The Balaban J connectivity index is 3.14. The topological polar surface area (TPSA) is 52.6 Å². The van der Waals surface area contributed by atoms with Crippen LogP contribution in [0.1, 0.15) is 100 Å². The summed E-state index contributed by atoms with van der Waals surface area (Å²) >= 11 is 3.57. The molecule has 1 rings (SSSR count).